The van der Waals surface area contributed by atoms with Crippen molar-refractivity contribution in [1.82, 2.24) is 0 Å². The summed E-state index contributed by atoms with van der Waals surface area (Å²) in [5.41, 5.74) is 1.77. The second-order valence-electron chi connectivity index (χ2n) is 5.37. The minimum absolute atomic E-state index is 0.446. The van der Waals surface area contributed by atoms with Crippen LogP contribution in [0.3, 0.4) is 0 Å². The molecule has 1 atom stereocenters. The molecule has 0 bridgehead atoms. The van der Waals surface area contributed by atoms with Crippen LogP contribution in [0.2, 0.25) is 0 Å². The molecule has 1 aromatic carbocycles. The van der Waals surface area contributed by atoms with Crippen molar-refractivity contribution in [1.29, 1.82) is 0 Å². The lowest BCUT2D eigenvalue weighted by Gasteiger charge is -2.20. The van der Waals surface area contributed by atoms with E-state index in [-0.39, 0.29) is 0 Å². The van der Waals surface area contributed by atoms with Crippen molar-refractivity contribution in [3.05, 3.63) is 29.3 Å². The molecule has 0 saturated carbocycles. The Morgan fingerprint density at radius 3 is 2.63 bits per heavy atom. The van der Waals surface area contributed by atoms with E-state index in [0.717, 1.165) is 11.1 Å². The number of hydrogen-bond donors (Lipinski definition) is 2. The van der Waals surface area contributed by atoms with E-state index in [0.29, 0.717) is 11.0 Å². The van der Waals surface area contributed by atoms with E-state index in [9.17, 15) is 9.90 Å². The number of rotatable bonds is 3. The van der Waals surface area contributed by atoms with Gasteiger partial charge in [-0.2, -0.15) is 0 Å². The van der Waals surface area contributed by atoms with E-state index in [2.05, 4.69) is 21.2 Å². The molecule has 1 rings (SSSR count). The SMILES string of the molecule is Cc1ccc(C(O)CBr)cc1NC(=O)OC(C)(C)C. The van der Waals surface area contributed by atoms with Gasteiger partial charge in [-0.05, 0) is 44.9 Å². The molecule has 0 aromatic heterocycles. The summed E-state index contributed by atoms with van der Waals surface area (Å²) >= 11 is 3.22. The number of anilines is 1. The molecule has 106 valence electrons. The molecule has 19 heavy (non-hydrogen) atoms. The number of carbonyl (C=O) groups excluding carboxylic acids is 1. The average molecular weight is 330 g/mol. The minimum Gasteiger partial charge on any atom is -0.444 e. The van der Waals surface area contributed by atoms with Crippen LogP contribution in [0.25, 0.3) is 0 Å². The highest BCUT2D eigenvalue weighted by Gasteiger charge is 2.17. The summed E-state index contributed by atoms with van der Waals surface area (Å²) in [6.07, 6.45) is -1.10. The second-order valence-corrected chi connectivity index (χ2v) is 6.02. The third-order valence-corrected chi connectivity index (χ3v) is 3.04. The molecule has 0 spiro atoms. The van der Waals surface area contributed by atoms with Gasteiger partial charge in [-0.25, -0.2) is 4.79 Å². The Morgan fingerprint density at radius 2 is 2.11 bits per heavy atom. The van der Waals surface area contributed by atoms with E-state index in [4.69, 9.17) is 4.74 Å². The monoisotopic (exact) mass is 329 g/mol. The first-order valence-electron chi connectivity index (χ1n) is 6.07. The molecule has 1 aromatic rings. The first-order chi connectivity index (χ1) is 8.73. The third kappa shape index (κ3) is 5.20. The van der Waals surface area contributed by atoms with Gasteiger partial charge in [0.05, 0.1) is 6.10 Å². The molecule has 0 radical (unpaired) electrons. The lowest BCUT2D eigenvalue weighted by Crippen LogP contribution is -2.27. The van der Waals surface area contributed by atoms with Gasteiger partial charge in [0.2, 0.25) is 0 Å². The van der Waals surface area contributed by atoms with Crippen LogP contribution in [0, 0.1) is 6.92 Å². The zero-order valence-electron chi connectivity index (χ0n) is 11.7. The summed E-state index contributed by atoms with van der Waals surface area (Å²) < 4.78 is 5.20. The van der Waals surface area contributed by atoms with Crippen LogP contribution in [0.4, 0.5) is 10.5 Å². The van der Waals surface area contributed by atoms with E-state index in [1.54, 1.807) is 6.07 Å². The topological polar surface area (TPSA) is 58.6 Å². The molecule has 1 amide bonds. The number of nitrogens with one attached hydrogen (secondary N) is 1. The molecule has 4 nitrogen and oxygen atoms in total. The Morgan fingerprint density at radius 1 is 1.47 bits per heavy atom. The van der Waals surface area contributed by atoms with Crippen LogP contribution in [-0.4, -0.2) is 22.1 Å². The quantitative estimate of drug-likeness (QED) is 0.830. The van der Waals surface area contributed by atoms with E-state index in [1.165, 1.54) is 0 Å². The molecule has 0 aliphatic rings. The van der Waals surface area contributed by atoms with Crippen molar-refractivity contribution in [3.63, 3.8) is 0 Å². The summed E-state index contributed by atoms with van der Waals surface area (Å²) in [4.78, 5) is 11.7. The van der Waals surface area contributed by atoms with Gasteiger partial charge >= 0.3 is 6.09 Å². The molecule has 0 heterocycles. The van der Waals surface area contributed by atoms with Crippen molar-refractivity contribution in [2.45, 2.75) is 39.4 Å². The fourth-order valence-corrected chi connectivity index (χ4v) is 1.86. The van der Waals surface area contributed by atoms with Crippen LogP contribution in [-0.2, 0) is 4.74 Å². The molecule has 1 unspecified atom stereocenters. The molecular weight excluding hydrogens is 310 g/mol. The van der Waals surface area contributed by atoms with E-state index in [1.807, 2.05) is 39.8 Å². The van der Waals surface area contributed by atoms with Gasteiger partial charge < -0.3 is 9.84 Å². The second kappa shape index (κ2) is 6.39. The summed E-state index contributed by atoms with van der Waals surface area (Å²) in [6, 6.07) is 5.45. The van der Waals surface area contributed by atoms with Crippen molar-refractivity contribution < 1.29 is 14.6 Å². The Balaban J connectivity index is 2.85. The maximum Gasteiger partial charge on any atom is 0.412 e. The smallest absolute Gasteiger partial charge is 0.412 e. The lowest BCUT2D eigenvalue weighted by molar-refractivity contribution is 0.0635. The Labute approximate surface area is 122 Å². The Hall–Kier alpha value is -1.07. The van der Waals surface area contributed by atoms with Crippen LogP contribution in [0.15, 0.2) is 18.2 Å². The van der Waals surface area contributed by atoms with Crippen molar-refractivity contribution in [3.8, 4) is 0 Å². The number of aryl methyl sites for hydroxylation is 1. The van der Waals surface area contributed by atoms with Gasteiger partial charge in [0, 0.05) is 11.0 Å². The number of aliphatic hydroxyl groups excluding tert-OH is 1. The standard InChI is InChI=1S/C14H20BrNO3/c1-9-5-6-10(12(17)8-15)7-11(9)16-13(18)19-14(2,3)4/h5-7,12,17H,8H2,1-4H3,(H,16,18). The van der Waals surface area contributed by atoms with E-state index >= 15 is 0 Å². The molecular formula is C14H20BrNO3. The number of alkyl halides is 1. The Kier molecular flexibility index (Phi) is 5.38. The first-order valence-corrected chi connectivity index (χ1v) is 7.19. The van der Waals surface area contributed by atoms with Crippen LogP contribution in [0.1, 0.15) is 38.0 Å². The predicted octanol–water partition coefficient (Wildman–Crippen LogP) is 3.77. The fourth-order valence-electron chi connectivity index (χ4n) is 1.48. The van der Waals surface area contributed by atoms with Gasteiger partial charge in [-0.1, -0.05) is 28.1 Å². The molecule has 0 saturated heterocycles. The van der Waals surface area contributed by atoms with Crippen molar-refractivity contribution >= 4 is 27.7 Å². The molecule has 2 N–H and O–H groups in total. The normalized spacial score (nSPS) is 12.9. The third-order valence-electron chi connectivity index (χ3n) is 2.43. The number of benzene rings is 1. The van der Waals surface area contributed by atoms with Gasteiger partial charge in [0.25, 0.3) is 0 Å². The summed E-state index contributed by atoms with van der Waals surface area (Å²) in [5.74, 6) is 0. The summed E-state index contributed by atoms with van der Waals surface area (Å²) in [5, 5.41) is 12.9. The fraction of sp³-hybridized carbons (Fsp3) is 0.500. The number of carbonyl (C=O) groups is 1. The van der Waals surface area contributed by atoms with Crippen molar-refractivity contribution in [2.75, 3.05) is 10.6 Å². The first kappa shape index (κ1) is 16.0. The zero-order chi connectivity index (χ0) is 14.6. The van der Waals surface area contributed by atoms with Gasteiger partial charge in [-0.3, -0.25) is 5.32 Å². The summed E-state index contributed by atoms with van der Waals surface area (Å²) in [7, 11) is 0. The summed E-state index contributed by atoms with van der Waals surface area (Å²) in [6.45, 7) is 7.32. The number of aliphatic hydroxyl groups is 1. The van der Waals surface area contributed by atoms with Crippen LogP contribution in [0.5, 0.6) is 0 Å². The number of halogens is 1. The Bertz CT molecular complexity index is 454. The number of hydrogen-bond acceptors (Lipinski definition) is 3. The van der Waals surface area contributed by atoms with Crippen LogP contribution >= 0.6 is 15.9 Å². The molecule has 0 fully saturated rings. The van der Waals surface area contributed by atoms with Crippen LogP contribution < -0.4 is 5.32 Å². The highest BCUT2D eigenvalue weighted by molar-refractivity contribution is 9.09. The van der Waals surface area contributed by atoms with Gasteiger partial charge in [0.15, 0.2) is 0 Å². The zero-order valence-corrected chi connectivity index (χ0v) is 13.2. The predicted molar refractivity (Wildman–Crippen MR) is 79.8 cm³/mol. The minimum atomic E-state index is -0.597. The molecule has 5 heteroatoms. The number of amides is 1. The average Bonchev–Trinajstić information content (AvgIpc) is 2.28. The highest BCUT2D eigenvalue weighted by atomic mass is 79.9. The molecule has 0 aliphatic heterocycles. The maximum atomic E-state index is 11.7. The maximum absolute atomic E-state index is 11.7. The number of ether oxygens (including phenoxy) is 1. The van der Waals surface area contributed by atoms with Gasteiger partial charge in [-0.15, -0.1) is 0 Å². The largest absolute Gasteiger partial charge is 0.444 e. The van der Waals surface area contributed by atoms with E-state index < -0.39 is 17.8 Å². The molecule has 0 aliphatic carbocycles. The lowest BCUT2D eigenvalue weighted by atomic mass is 10.1. The van der Waals surface area contributed by atoms with Crippen molar-refractivity contribution in [2.24, 2.45) is 0 Å². The van der Waals surface area contributed by atoms with Gasteiger partial charge in [0.1, 0.15) is 5.60 Å². The highest BCUT2D eigenvalue weighted by Crippen LogP contribution is 2.23.